The van der Waals surface area contributed by atoms with Gasteiger partial charge in [0.15, 0.2) is 16.6 Å². The Balaban J connectivity index is -0.00000113. The van der Waals surface area contributed by atoms with Gasteiger partial charge in [-0.1, -0.05) is 81.1 Å². The van der Waals surface area contributed by atoms with Gasteiger partial charge >= 0.3 is 8.56 Å². The molecule has 2 atom stereocenters. The largest absolute Gasteiger partial charge is 0.436 e. The summed E-state index contributed by atoms with van der Waals surface area (Å²) >= 11 is 0. The van der Waals surface area contributed by atoms with Crippen LogP contribution in [0.1, 0.15) is 101 Å². The van der Waals surface area contributed by atoms with Crippen molar-refractivity contribution in [1.82, 2.24) is 0 Å². The van der Waals surface area contributed by atoms with Crippen molar-refractivity contribution in [2.24, 2.45) is 0 Å². The third-order valence-corrected chi connectivity index (χ3v) is 12.8. The molecule has 0 N–H and O–H groups in total. The van der Waals surface area contributed by atoms with E-state index in [1.165, 1.54) is 51.4 Å². The smallest absolute Gasteiger partial charge is 0.329 e. The van der Waals surface area contributed by atoms with Gasteiger partial charge in [0, 0.05) is 0 Å². The van der Waals surface area contributed by atoms with E-state index in [0.717, 1.165) is 0 Å². The highest BCUT2D eigenvalue weighted by Crippen LogP contribution is 2.36. The Kier molecular flexibility index (Phi) is 20.4. The zero-order valence-electron chi connectivity index (χ0n) is 20.5. The van der Waals surface area contributed by atoms with Crippen LogP contribution in [0.25, 0.3) is 0 Å². The van der Waals surface area contributed by atoms with Gasteiger partial charge in [0.05, 0.1) is 0 Å². The van der Waals surface area contributed by atoms with Crippen LogP contribution in [0.3, 0.4) is 0 Å². The molecule has 30 heavy (non-hydrogen) atoms. The Morgan fingerprint density at radius 3 is 1.50 bits per heavy atom. The number of rotatable bonds is 15. The third kappa shape index (κ3) is 19.2. The second kappa shape index (κ2) is 16.2. The molecule has 0 spiro atoms. The number of unbranched alkanes of at least 4 members (excludes halogenated alkanes) is 6. The summed E-state index contributed by atoms with van der Waals surface area (Å²) in [6.07, 6.45) is 10.7. The van der Waals surface area contributed by atoms with Crippen LogP contribution in [0.2, 0.25) is 51.4 Å². The topological polar surface area (TPSA) is 27.7 Å². The van der Waals surface area contributed by atoms with E-state index in [4.69, 9.17) is 13.0 Å². The van der Waals surface area contributed by atoms with Crippen LogP contribution in [0, 0.1) is 0 Å². The molecule has 0 aliphatic rings. The molecule has 0 radical (unpaired) electrons. The SMILES string of the molecule is C.C.C.CCCCCCCCCC(C)[Si](C)(OC(C)(C)O[Si](C)(C)C)O[Si](C)(C)C. The van der Waals surface area contributed by atoms with Crippen LogP contribution in [0.4, 0.5) is 0 Å². The standard InChI is InChI=1S/C21H50O3Si3.3CH4/c1-12-13-14-15-16-17-18-19-20(2)27(11,24-26(8,9)10)23-21(3,4)22-25(5,6)7;;;/h20H,12-19H2,1-11H3;3*1H4. The van der Waals surface area contributed by atoms with E-state index >= 15 is 0 Å². The molecule has 2 unspecified atom stereocenters. The average molecular weight is 483 g/mol. The van der Waals surface area contributed by atoms with Crippen molar-refractivity contribution in [3.8, 4) is 0 Å². The zero-order valence-corrected chi connectivity index (χ0v) is 23.5. The molecule has 0 saturated carbocycles. The summed E-state index contributed by atoms with van der Waals surface area (Å²) in [4.78, 5) is 0. The van der Waals surface area contributed by atoms with E-state index in [1.54, 1.807) is 0 Å². The lowest BCUT2D eigenvalue weighted by Crippen LogP contribution is -2.56. The first-order chi connectivity index (χ1) is 12.1. The maximum absolute atomic E-state index is 6.74. The molecule has 0 amide bonds. The summed E-state index contributed by atoms with van der Waals surface area (Å²) < 4.78 is 19.8. The third-order valence-electron chi connectivity index (χ3n) is 4.65. The fourth-order valence-electron chi connectivity index (χ4n) is 3.75. The van der Waals surface area contributed by atoms with Gasteiger partial charge in [-0.05, 0) is 71.6 Å². The summed E-state index contributed by atoms with van der Waals surface area (Å²) in [6, 6.07) is 0. The Bertz CT molecular complexity index is 403. The van der Waals surface area contributed by atoms with Gasteiger partial charge in [-0.25, -0.2) is 0 Å². The minimum absolute atomic E-state index is 0. The van der Waals surface area contributed by atoms with E-state index in [-0.39, 0.29) is 22.3 Å². The fraction of sp³-hybridized carbons (Fsp3) is 1.00. The van der Waals surface area contributed by atoms with Gasteiger partial charge in [0.25, 0.3) is 0 Å². The van der Waals surface area contributed by atoms with E-state index in [1.807, 2.05) is 0 Å². The van der Waals surface area contributed by atoms with E-state index in [2.05, 4.69) is 73.5 Å². The van der Waals surface area contributed by atoms with E-state index in [0.29, 0.717) is 5.54 Å². The molecule has 3 nitrogen and oxygen atoms in total. The first-order valence-electron chi connectivity index (χ1n) is 11.2. The van der Waals surface area contributed by atoms with Crippen LogP contribution >= 0.6 is 0 Å². The van der Waals surface area contributed by atoms with Crippen molar-refractivity contribution in [3.05, 3.63) is 0 Å². The van der Waals surface area contributed by atoms with Crippen LogP contribution in [0.5, 0.6) is 0 Å². The van der Waals surface area contributed by atoms with Crippen molar-refractivity contribution in [3.63, 3.8) is 0 Å². The second-order valence-electron chi connectivity index (χ2n) is 10.8. The van der Waals surface area contributed by atoms with Crippen molar-refractivity contribution in [2.45, 2.75) is 158 Å². The van der Waals surface area contributed by atoms with E-state index in [9.17, 15) is 0 Å². The lowest BCUT2D eigenvalue weighted by Gasteiger charge is -2.44. The van der Waals surface area contributed by atoms with Gasteiger partial charge in [0.1, 0.15) is 5.79 Å². The molecule has 0 aromatic rings. The maximum atomic E-state index is 6.74. The van der Waals surface area contributed by atoms with Crippen molar-refractivity contribution in [2.75, 3.05) is 0 Å². The van der Waals surface area contributed by atoms with Gasteiger partial charge in [0.2, 0.25) is 0 Å². The molecular weight excluding hydrogens is 421 g/mol. The Labute approximate surface area is 196 Å². The summed E-state index contributed by atoms with van der Waals surface area (Å²) in [5, 5.41) is 0. The molecule has 0 bridgehead atoms. The summed E-state index contributed by atoms with van der Waals surface area (Å²) in [5.41, 5.74) is 0.476. The molecule has 0 aromatic carbocycles. The van der Waals surface area contributed by atoms with Gasteiger partial charge < -0.3 is 13.0 Å². The Hall–Kier alpha value is 0.531. The minimum atomic E-state index is -2.35. The van der Waals surface area contributed by atoms with Crippen molar-refractivity contribution >= 4 is 25.2 Å². The Morgan fingerprint density at radius 1 is 0.667 bits per heavy atom. The van der Waals surface area contributed by atoms with Gasteiger partial charge in [-0.3, -0.25) is 0 Å². The first kappa shape index (κ1) is 37.8. The van der Waals surface area contributed by atoms with Crippen LogP contribution in [-0.4, -0.2) is 31.0 Å². The molecule has 0 aromatic heterocycles. The number of hydrogen-bond donors (Lipinski definition) is 0. The summed E-state index contributed by atoms with van der Waals surface area (Å²) in [6.45, 7) is 24.5. The molecule has 0 aliphatic heterocycles. The number of hydrogen-bond acceptors (Lipinski definition) is 3. The predicted octanol–water partition coefficient (Wildman–Crippen LogP) is 9.95. The summed E-state index contributed by atoms with van der Waals surface area (Å²) in [5.74, 6) is -0.570. The van der Waals surface area contributed by atoms with Crippen molar-refractivity contribution in [1.29, 1.82) is 0 Å². The van der Waals surface area contributed by atoms with Crippen LogP contribution < -0.4 is 0 Å². The van der Waals surface area contributed by atoms with Gasteiger partial charge in [-0.2, -0.15) is 0 Å². The molecule has 6 heteroatoms. The normalized spacial score (nSPS) is 15.3. The highest BCUT2D eigenvalue weighted by Gasteiger charge is 2.46. The molecule has 188 valence electrons. The zero-order chi connectivity index (χ0) is 21.4. The highest BCUT2D eigenvalue weighted by molar-refractivity contribution is 6.82. The molecule has 0 aliphatic carbocycles. The van der Waals surface area contributed by atoms with Gasteiger partial charge in [-0.15, -0.1) is 0 Å². The quantitative estimate of drug-likeness (QED) is 0.132. The predicted molar refractivity (Wildman–Crippen MR) is 148 cm³/mol. The first-order valence-corrected chi connectivity index (χ1v) is 20.4. The minimum Gasteiger partial charge on any atom is -0.436 e. The monoisotopic (exact) mass is 482 g/mol. The molecule has 0 rings (SSSR count). The lowest BCUT2D eigenvalue weighted by molar-refractivity contribution is -0.107. The van der Waals surface area contributed by atoms with Crippen molar-refractivity contribution < 1.29 is 13.0 Å². The Morgan fingerprint density at radius 2 is 1.10 bits per heavy atom. The molecule has 0 heterocycles. The average Bonchev–Trinajstić information content (AvgIpc) is 2.40. The molecule has 0 fully saturated rings. The second-order valence-corrected chi connectivity index (χ2v) is 23.4. The lowest BCUT2D eigenvalue weighted by atomic mass is 10.1. The highest BCUT2D eigenvalue weighted by atomic mass is 28.4. The van der Waals surface area contributed by atoms with Crippen LogP contribution in [-0.2, 0) is 13.0 Å². The molecule has 0 saturated heterocycles. The maximum Gasteiger partial charge on any atom is 0.329 e. The van der Waals surface area contributed by atoms with E-state index < -0.39 is 31.0 Å². The fourth-order valence-corrected chi connectivity index (χ4v) is 13.1. The van der Waals surface area contributed by atoms with Crippen LogP contribution in [0.15, 0.2) is 0 Å². The summed E-state index contributed by atoms with van der Waals surface area (Å²) in [7, 11) is -5.72. The molecular formula is C24H62O3Si3.